The quantitative estimate of drug-likeness (QED) is 0.446. The van der Waals surface area contributed by atoms with Crippen molar-refractivity contribution < 1.29 is 32.6 Å². The Labute approximate surface area is 235 Å². The van der Waals surface area contributed by atoms with Crippen molar-refractivity contribution in [3.63, 3.8) is 0 Å². The van der Waals surface area contributed by atoms with Crippen LogP contribution in [0, 0.1) is 11.6 Å². The molecule has 2 aromatic carbocycles. The van der Waals surface area contributed by atoms with Crippen molar-refractivity contribution in [2.75, 3.05) is 37.7 Å². The highest BCUT2D eigenvalue weighted by Crippen LogP contribution is 2.29. The van der Waals surface area contributed by atoms with Crippen LogP contribution in [0.25, 0.3) is 5.69 Å². The number of rotatable bonds is 6. The second-order valence-corrected chi connectivity index (χ2v) is 10.3. The highest BCUT2D eigenvalue weighted by Gasteiger charge is 2.39. The van der Waals surface area contributed by atoms with Crippen LogP contribution >= 0.6 is 0 Å². The van der Waals surface area contributed by atoms with Crippen LogP contribution < -0.4 is 4.90 Å². The van der Waals surface area contributed by atoms with Crippen molar-refractivity contribution in [1.82, 2.24) is 24.8 Å². The van der Waals surface area contributed by atoms with Gasteiger partial charge in [0.05, 0.1) is 25.0 Å². The molecule has 11 nitrogen and oxygen atoms in total. The Bertz CT molecular complexity index is 1430. The summed E-state index contributed by atoms with van der Waals surface area (Å²) in [5, 5.41) is 7.92. The molecule has 0 aliphatic carbocycles. The van der Waals surface area contributed by atoms with Gasteiger partial charge < -0.3 is 19.3 Å². The Morgan fingerprint density at radius 1 is 1.05 bits per heavy atom. The third-order valence-corrected chi connectivity index (χ3v) is 6.96. The molecule has 1 aromatic heterocycles. The maximum absolute atomic E-state index is 15.2. The molecule has 1 atom stereocenters. The Morgan fingerprint density at radius 3 is 2.29 bits per heavy atom. The Balaban J connectivity index is 1.25. The van der Waals surface area contributed by atoms with Crippen molar-refractivity contribution in [3.05, 3.63) is 71.6 Å². The minimum Gasteiger partial charge on any atom is -0.363 e. The monoisotopic (exact) mass is 568 g/mol. The van der Waals surface area contributed by atoms with Crippen molar-refractivity contribution in [2.24, 2.45) is 0 Å². The second kappa shape index (κ2) is 11.3. The van der Waals surface area contributed by atoms with Gasteiger partial charge in [-0.25, -0.2) is 13.5 Å². The molecule has 0 radical (unpaired) electrons. The maximum Gasteiger partial charge on any atom is 0.260 e. The van der Waals surface area contributed by atoms with E-state index in [1.165, 1.54) is 17.8 Å². The van der Waals surface area contributed by atoms with E-state index >= 15 is 8.78 Å². The van der Waals surface area contributed by atoms with Gasteiger partial charge in [-0.2, -0.15) is 0 Å². The van der Waals surface area contributed by atoms with Crippen LogP contribution in [0.4, 0.5) is 14.5 Å². The number of benzene rings is 2. The fourth-order valence-corrected chi connectivity index (χ4v) is 4.87. The smallest absolute Gasteiger partial charge is 0.260 e. The average Bonchev–Trinajstić information content (AvgIpc) is 3.57. The summed E-state index contributed by atoms with van der Waals surface area (Å²) in [7, 11) is 0. The largest absolute Gasteiger partial charge is 0.363 e. The first kappa shape index (κ1) is 28.3. The summed E-state index contributed by atoms with van der Waals surface area (Å²) < 4.78 is 42.7. The standard InChI is InChI=1S/C28H30F2N6O5/c1-18(37)35(26(38)19-7-5-4-6-8-19)15-20-16-36(32-31-20)21-13-22(29)25(23(30)14-21)33-9-11-34(12-10-33)27(39)24-17-40-28(2,3)41-24/h4-8,13-14,16,24H,9-12,15,17H2,1-3H3. The van der Waals surface area contributed by atoms with Crippen LogP contribution in [-0.4, -0.2) is 87.2 Å². The lowest BCUT2D eigenvalue weighted by molar-refractivity contribution is -0.160. The number of amides is 3. The van der Waals surface area contributed by atoms with Crippen LogP contribution in [0.5, 0.6) is 0 Å². The van der Waals surface area contributed by atoms with Gasteiger partial charge in [-0.3, -0.25) is 19.3 Å². The van der Waals surface area contributed by atoms with Crippen LogP contribution in [-0.2, 0) is 25.6 Å². The van der Waals surface area contributed by atoms with Crippen LogP contribution in [0.15, 0.2) is 48.7 Å². The van der Waals surface area contributed by atoms with E-state index in [4.69, 9.17) is 9.47 Å². The van der Waals surface area contributed by atoms with Crippen LogP contribution in [0.2, 0.25) is 0 Å². The van der Waals surface area contributed by atoms with E-state index in [0.717, 1.165) is 17.0 Å². The minimum atomic E-state index is -0.826. The first-order chi connectivity index (χ1) is 19.5. The zero-order valence-corrected chi connectivity index (χ0v) is 22.9. The van der Waals surface area contributed by atoms with E-state index in [0.29, 0.717) is 5.56 Å². The molecule has 3 aromatic rings. The van der Waals surface area contributed by atoms with E-state index in [9.17, 15) is 14.4 Å². The molecule has 2 aliphatic heterocycles. The van der Waals surface area contributed by atoms with Gasteiger partial charge in [-0.05, 0) is 26.0 Å². The minimum absolute atomic E-state index is 0.0843. The van der Waals surface area contributed by atoms with Gasteiger partial charge >= 0.3 is 0 Å². The summed E-state index contributed by atoms with van der Waals surface area (Å²) in [4.78, 5) is 42.0. The van der Waals surface area contributed by atoms with E-state index in [1.807, 2.05) is 0 Å². The lowest BCUT2D eigenvalue weighted by atomic mass is 10.2. The number of hydrogen-bond acceptors (Lipinski definition) is 8. The highest BCUT2D eigenvalue weighted by atomic mass is 19.1. The zero-order chi connectivity index (χ0) is 29.3. The number of anilines is 1. The van der Waals surface area contributed by atoms with E-state index in [1.54, 1.807) is 54.0 Å². The first-order valence-corrected chi connectivity index (χ1v) is 13.2. The van der Waals surface area contributed by atoms with Gasteiger partial charge in [0.2, 0.25) is 5.91 Å². The molecule has 5 rings (SSSR count). The molecule has 0 N–H and O–H groups in total. The van der Waals surface area contributed by atoms with Crippen molar-refractivity contribution in [1.29, 1.82) is 0 Å². The zero-order valence-electron chi connectivity index (χ0n) is 22.9. The molecule has 41 heavy (non-hydrogen) atoms. The number of carbonyl (C=O) groups is 3. The summed E-state index contributed by atoms with van der Waals surface area (Å²) in [6, 6.07) is 10.6. The number of carbonyl (C=O) groups excluding carboxylic acids is 3. The first-order valence-electron chi connectivity index (χ1n) is 13.2. The molecule has 2 aliphatic rings. The normalized spacial score (nSPS) is 18.4. The van der Waals surface area contributed by atoms with Crippen molar-refractivity contribution in [2.45, 2.75) is 39.2 Å². The molecule has 0 bridgehead atoms. The highest BCUT2D eigenvalue weighted by molar-refractivity contribution is 6.03. The number of ether oxygens (including phenoxy) is 2. The molecule has 216 valence electrons. The molecule has 0 spiro atoms. The molecule has 2 fully saturated rings. The molecule has 13 heteroatoms. The maximum atomic E-state index is 15.2. The molecule has 3 heterocycles. The average molecular weight is 569 g/mol. The Hall–Kier alpha value is -4.23. The fraction of sp³-hybridized carbons (Fsp3) is 0.393. The number of aromatic nitrogens is 3. The fourth-order valence-electron chi connectivity index (χ4n) is 4.87. The van der Waals surface area contributed by atoms with Gasteiger partial charge in [-0.1, -0.05) is 23.4 Å². The lowest BCUT2D eigenvalue weighted by Gasteiger charge is -2.37. The number of piperazine rings is 1. The molecule has 1 unspecified atom stereocenters. The van der Waals surface area contributed by atoms with E-state index < -0.39 is 35.3 Å². The van der Waals surface area contributed by atoms with Crippen molar-refractivity contribution in [3.8, 4) is 5.69 Å². The molecule has 2 saturated heterocycles. The molecular formula is C28H30F2N6O5. The van der Waals surface area contributed by atoms with Crippen LogP contribution in [0.1, 0.15) is 36.8 Å². The lowest BCUT2D eigenvalue weighted by Crippen LogP contribution is -2.52. The third kappa shape index (κ3) is 6.10. The van der Waals surface area contributed by atoms with Gasteiger partial charge in [-0.15, -0.1) is 5.10 Å². The third-order valence-electron chi connectivity index (χ3n) is 6.96. The Kier molecular flexibility index (Phi) is 7.82. The molecular weight excluding hydrogens is 538 g/mol. The van der Waals surface area contributed by atoms with Gasteiger partial charge in [0.1, 0.15) is 11.4 Å². The van der Waals surface area contributed by atoms with E-state index in [2.05, 4.69) is 10.3 Å². The predicted octanol–water partition coefficient (Wildman–Crippen LogP) is 2.53. The summed E-state index contributed by atoms with van der Waals surface area (Å²) in [6.07, 6.45) is 0.707. The van der Waals surface area contributed by atoms with Gasteiger partial charge in [0.25, 0.3) is 11.8 Å². The molecule has 0 saturated carbocycles. The number of imide groups is 1. The SMILES string of the molecule is CC(=O)N(Cc1cn(-c2cc(F)c(N3CCN(C(=O)C4COC(C)(C)O4)CC3)c(F)c2)nn1)C(=O)c1ccccc1. The Morgan fingerprint density at radius 2 is 1.71 bits per heavy atom. The second-order valence-electron chi connectivity index (χ2n) is 10.3. The van der Waals surface area contributed by atoms with Crippen molar-refractivity contribution >= 4 is 23.4 Å². The summed E-state index contributed by atoms with van der Waals surface area (Å²) in [5.74, 6) is -3.60. The summed E-state index contributed by atoms with van der Waals surface area (Å²) >= 11 is 0. The number of nitrogens with zero attached hydrogens (tertiary/aromatic N) is 6. The van der Waals surface area contributed by atoms with Crippen LogP contribution in [0.3, 0.4) is 0 Å². The number of hydrogen-bond donors (Lipinski definition) is 0. The summed E-state index contributed by atoms with van der Waals surface area (Å²) in [6.45, 7) is 5.77. The summed E-state index contributed by atoms with van der Waals surface area (Å²) in [5.41, 5.74) is 0.486. The van der Waals surface area contributed by atoms with Gasteiger partial charge in [0.15, 0.2) is 23.5 Å². The predicted molar refractivity (Wildman–Crippen MR) is 142 cm³/mol. The molecule has 3 amide bonds. The van der Waals surface area contributed by atoms with Gasteiger partial charge in [0, 0.05) is 50.8 Å². The topological polar surface area (TPSA) is 110 Å². The number of halogens is 2. The van der Waals surface area contributed by atoms with E-state index in [-0.39, 0.29) is 62.3 Å².